The highest BCUT2D eigenvalue weighted by atomic mass is 16.6. The Labute approximate surface area is 99.7 Å². The number of rotatable bonds is 7. The number of carbonyl (C=O) groups excluding carboxylic acids is 1. The second-order valence-electron chi connectivity index (χ2n) is 5.30. The highest BCUT2D eigenvalue weighted by Crippen LogP contribution is 2.19. The van der Waals surface area contributed by atoms with Gasteiger partial charge in [0.15, 0.2) is 0 Å². The van der Waals surface area contributed by atoms with Gasteiger partial charge in [-0.15, -0.1) is 0 Å². The van der Waals surface area contributed by atoms with Crippen LogP contribution in [0.2, 0.25) is 0 Å². The third-order valence-corrected chi connectivity index (χ3v) is 2.38. The van der Waals surface area contributed by atoms with Gasteiger partial charge in [0, 0.05) is 0 Å². The Kier molecular flexibility index (Phi) is 7.39. The van der Waals surface area contributed by atoms with Crippen LogP contribution in [0.25, 0.3) is 0 Å². The summed E-state index contributed by atoms with van der Waals surface area (Å²) in [6, 6.07) is 0. The van der Waals surface area contributed by atoms with Gasteiger partial charge in [-0.05, 0) is 46.6 Å². The summed E-state index contributed by atoms with van der Waals surface area (Å²) in [5.41, 5.74) is 5.07. The molecule has 1 unspecified atom stereocenters. The maximum atomic E-state index is 11.9. The Morgan fingerprint density at radius 1 is 1.25 bits per heavy atom. The molecular formula is C13H27NO2. The quantitative estimate of drug-likeness (QED) is 0.539. The summed E-state index contributed by atoms with van der Waals surface area (Å²) in [4.78, 5) is 11.9. The van der Waals surface area contributed by atoms with Crippen molar-refractivity contribution >= 4 is 5.97 Å². The molecule has 0 spiro atoms. The molecule has 0 aromatic carbocycles. The first-order chi connectivity index (χ1) is 7.40. The van der Waals surface area contributed by atoms with Crippen molar-refractivity contribution in [1.29, 1.82) is 0 Å². The van der Waals surface area contributed by atoms with E-state index in [1.165, 1.54) is 0 Å². The van der Waals surface area contributed by atoms with E-state index in [9.17, 15) is 4.79 Å². The molecule has 2 N–H and O–H groups in total. The van der Waals surface area contributed by atoms with Crippen molar-refractivity contribution in [3.05, 3.63) is 0 Å². The van der Waals surface area contributed by atoms with E-state index in [2.05, 4.69) is 6.92 Å². The molecule has 0 saturated carbocycles. The molecule has 0 amide bonds. The van der Waals surface area contributed by atoms with Crippen molar-refractivity contribution in [2.75, 3.05) is 6.54 Å². The van der Waals surface area contributed by atoms with Gasteiger partial charge in [-0.3, -0.25) is 4.79 Å². The van der Waals surface area contributed by atoms with Gasteiger partial charge >= 0.3 is 5.97 Å². The highest BCUT2D eigenvalue weighted by molar-refractivity contribution is 5.72. The molecule has 0 aliphatic rings. The van der Waals surface area contributed by atoms with Gasteiger partial charge in [0.2, 0.25) is 0 Å². The molecule has 1 atom stereocenters. The Morgan fingerprint density at radius 3 is 2.31 bits per heavy atom. The van der Waals surface area contributed by atoms with Crippen LogP contribution in [0.3, 0.4) is 0 Å². The van der Waals surface area contributed by atoms with E-state index in [4.69, 9.17) is 10.5 Å². The predicted molar refractivity (Wildman–Crippen MR) is 67.1 cm³/mol. The Balaban J connectivity index is 4.12. The van der Waals surface area contributed by atoms with Crippen LogP contribution in [0, 0.1) is 5.92 Å². The van der Waals surface area contributed by atoms with Gasteiger partial charge in [-0.25, -0.2) is 0 Å². The van der Waals surface area contributed by atoms with Gasteiger partial charge < -0.3 is 10.5 Å². The third kappa shape index (κ3) is 7.69. The summed E-state index contributed by atoms with van der Waals surface area (Å²) < 4.78 is 5.41. The van der Waals surface area contributed by atoms with Crippen LogP contribution in [0.5, 0.6) is 0 Å². The number of carbonyl (C=O) groups is 1. The summed E-state index contributed by atoms with van der Waals surface area (Å²) in [6.45, 7) is 8.53. The SMILES string of the molecule is CCCC(CCCCN)C(=O)OC(C)(C)C. The van der Waals surface area contributed by atoms with Crippen LogP contribution in [0.4, 0.5) is 0 Å². The van der Waals surface area contributed by atoms with Crippen molar-refractivity contribution < 1.29 is 9.53 Å². The van der Waals surface area contributed by atoms with Crippen LogP contribution in [0.15, 0.2) is 0 Å². The standard InChI is InChI=1S/C13H27NO2/c1-5-8-11(9-6-7-10-14)12(15)16-13(2,3)4/h11H,5-10,14H2,1-4H3. The number of nitrogens with two attached hydrogens (primary N) is 1. The van der Waals surface area contributed by atoms with Crippen molar-refractivity contribution in [3.8, 4) is 0 Å². The average Bonchev–Trinajstić information content (AvgIpc) is 2.14. The second-order valence-corrected chi connectivity index (χ2v) is 5.30. The lowest BCUT2D eigenvalue weighted by Crippen LogP contribution is -2.28. The zero-order valence-corrected chi connectivity index (χ0v) is 11.2. The summed E-state index contributed by atoms with van der Waals surface area (Å²) in [7, 11) is 0. The van der Waals surface area contributed by atoms with Crippen LogP contribution >= 0.6 is 0 Å². The first-order valence-electron chi connectivity index (χ1n) is 6.33. The lowest BCUT2D eigenvalue weighted by atomic mass is 9.97. The average molecular weight is 229 g/mol. The zero-order valence-electron chi connectivity index (χ0n) is 11.2. The largest absolute Gasteiger partial charge is 0.460 e. The molecule has 0 aliphatic heterocycles. The number of hydrogen-bond donors (Lipinski definition) is 1. The summed E-state index contributed by atoms with van der Waals surface area (Å²) in [6.07, 6.45) is 4.84. The van der Waals surface area contributed by atoms with E-state index in [-0.39, 0.29) is 17.5 Å². The summed E-state index contributed by atoms with van der Waals surface area (Å²) in [5, 5.41) is 0. The molecule has 0 aromatic heterocycles. The van der Waals surface area contributed by atoms with E-state index in [1.54, 1.807) is 0 Å². The molecule has 0 heterocycles. The number of esters is 1. The second kappa shape index (κ2) is 7.66. The molecule has 0 fully saturated rings. The minimum Gasteiger partial charge on any atom is -0.460 e. The van der Waals surface area contributed by atoms with E-state index in [0.717, 1.165) is 32.1 Å². The molecule has 0 aliphatic carbocycles. The fourth-order valence-electron chi connectivity index (χ4n) is 1.65. The zero-order chi connectivity index (χ0) is 12.6. The first-order valence-corrected chi connectivity index (χ1v) is 6.33. The normalized spacial score (nSPS) is 13.6. The van der Waals surface area contributed by atoms with Gasteiger partial charge in [0.25, 0.3) is 0 Å². The van der Waals surface area contributed by atoms with Crippen LogP contribution in [-0.4, -0.2) is 18.1 Å². The van der Waals surface area contributed by atoms with Crippen LogP contribution in [-0.2, 0) is 9.53 Å². The smallest absolute Gasteiger partial charge is 0.309 e. The lowest BCUT2D eigenvalue weighted by molar-refractivity contribution is -0.160. The van der Waals surface area contributed by atoms with E-state index < -0.39 is 0 Å². The molecule has 0 radical (unpaired) electrons. The lowest BCUT2D eigenvalue weighted by Gasteiger charge is -2.23. The first kappa shape index (κ1) is 15.4. The third-order valence-electron chi connectivity index (χ3n) is 2.38. The maximum absolute atomic E-state index is 11.9. The van der Waals surface area contributed by atoms with Crippen molar-refractivity contribution in [2.24, 2.45) is 11.7 Å². The minimum absolute atomic E-state index is 0.0497. The van der Waals surface area contributed by atoms with E-state index >= 15 is 0 Å². The van der Waals surface area contributed by atoms with Crippen LogP contribution < -0.4 is 5.73 Å². The molecular weight excluding hydrogens is 202 g/mol. The van der Waals surface area contributed by atoms with Crippen molar-refractivity contribution in [1.82, 2.24) is 0 Å². The van der Waals surface area contributed by atoms with Crippen LogP contribution in [0.1, 0.15) is 59.8 Å². The fraction of sp³-hybridized carbons (Fsp3) is 0.923. The number of ether oxygens (including phenoxy) is 1. The van der Waals surface area contributed by atoms with Crippen molar-refractivity contribution in [2.45, 2.75) is 65.4 Å². The number of hydrogen-bond acceptors (Lipinski definition) is 3. The molecule has 3 nitrogen and oxygen atoms in total. The summed E-state index contributed by atoms with van der Waals surface area (Å²) in [5.74, 6) is 0.00199. The fourth-order valence-corrected chi connectivity index (χ4v) is 1.65. The molecule has 0 bridgehead atoms. The Morgan fingerprint density at radius 2 is 1.88 bits per heavy atom. The topological polar surface area (TPSA) is 52.3 Å². The van der Waals surface area contributed by atoms with Gasteiger partial charge in [0.1, 0.15) is 5.60 Å². The molecule has 0 rings (SSSR count). The molecule has 96 valence electrons. The summed E-state index contributed by atoms with van der Waals surface area (Å²) >= 11 is 0. The predicted octanol–water partition coefficient (Wildman–Crippen LogP) is 2.87. The van der Waals surface area contributed by atoms with Gasteiger partial charge in [0.05, 0.1) is 5.92 Å². The van der Waals surface area contributed by atoms with E-state index in [1.807, 2.05) is 20.8 Å². The Bertz CT molecular complexity index is 197. The monoisotopic (exact) mass is 229 g/mol. The van der Waals surface area contributed by atoms with Gasteiger partial charge in [-0.2, -0.15) is 0 Å². The number of unbranched alkanes of at least 4 members (excludes halogenated alkanes) is 1. The van der Waals surface area contributed by atoms with Crippen molar-refractivity contribution in [3.63, 3.8) is 0 Å². The molecule has 16 heavy (non-hydrogen) atoms. The maximum Gasteiger partial charge on any atom is 0.309 e. The highest BCUT2D eigenvalue weighted by Gasteiger charge is 2.23. The van der Waals surface area contributed by atoms with E-state index in [0.29, 0.717) is 6.54 Å². The Hall–Kier alpha value is -0.570. The van der Waals surface area contributed by atoms with Gasteiger partial charge in [-0.1, -0.05) is 19.8 Å². The molecule has 3 heteroatoms. The minimum atomic E-state index is -0.378. The molecule has 0 aromatic rings. The molecule has 0 saturated heterocycles.